The van der Waals surface area contributed by atoms with E-state index < -0.39 is 21.7 Å². The van der Waals surface area contributed by atoms with E-state index in [-0.39, 0.29) is 19.7 Å². The monoisotopic (exact) mass is 330 g/mol. The number of rotatable bonds is 6. The summed E-state index contributed by atoms with van der Waals surface area (Å²) in [6.45, 7) is 2.26. The number of esters is 1. The van der Waals surface area contributed by atoms with Gasteiger partial charge in [-0.1, -0.05) is 11.8 Å². The SMILES string of the molecule is CCOC(=O)CS(=O)(=O)N(C)Cc1cc(C#CCN)cs1. The highest BCUT2D eigenvalue weighted by molar-refractivity contribution is 7.89. The molecule has 0 aromatic carbocycles. The first-order valence-corrected chi connectivity index (χ1v) is 8.74. The van der Waals surface area contributed by atoms with Gasteiger partial charge in [-0.3, -0.25) is 4.79 Å². The zero-order chi connectivity index (χ0) is 15.9. The Labute approximate surface area is 128 Å². The minimum atomic E-state index is -3.68. The second-order valence-electron chi connectivity index (χ2n) is 4.12. The Morgan fingerprint density at radius 1 is 1.52 bits per heavy atom. The van der Waals surface area contributed by atoms with Crippen molar-refractivity contribution in [2.45, 2.75) is 13.5 Å². The van der Waals surface area contributed by atoms with Crippen LogP contribution in [0.3, 0.4) is 0 Å². The third kappa shape index (κ3) is 5.85. The van der Waals surface area contributed by atoms with Crippen LogP contribution < -0.4 is 5.73 Å². The van der Waals surface area contributed by atoms with E-state index in [1.165, 1.54) is 18.4 Å². The molecule has 2 N–H and O–H groups in total. The first-order valence-electron chi connectivity index (χ1n) is 6.25. The molecule has 0 atom stereocenters. The first-order chi connectivity index (χ1) is 9.89. The van der Waals surface area contributed by atoms with Crippen LogP contribution in [0.1, 0.15) is 17.4 Å². The van der Waals surface area contributed by atoms with Crippen LogP contribution in [-0.2, 0) is 26.1 Å². The van der Waals surface area contributed by atoms with Crippen molar-refractivity contribution >= 4 is 27.3 Å². The smallest absolute Gasteiger partial charge is 0.322 e. The maximum Gasteiger partial charge on any atom is 0.322 e. The summed E-state index contributed by atoms with van der Waals surface area (Å²) in [5.41, 5.74) is 6.09. The highest BCUT2D eigenvalue weighted by Crippen LogP contribution is 2.17. The lowest BCUT2D eigenvalue weighted by molar-refractivity contribution is -0.140. The van der Waals surface area contributed by atoms with Crippen molar-refractivity contribution in [3.8, 4) is 11.8 Å². The molecule has 0 saturated carbocycles. The fraction of sp³-hybridized carbons (Fsp3) is 0.462. The first kappa shape index (κ1) is 17.7. The number of ether oxygens (including phenoxy) is 1. The van der Waals surface area contributed by atoms with Gasteiger partial charge >= 0.3 is 5.97 Å². The molecule has 0 saturated heterocycles. The molecule has 116 valence electrons. The van der Waals surface area contributed by atoms with Gasteiger partial charge in [0.25, 0.3) is 0 Å². The number of sulfonamides is 1. The third-order valence-corrected chi connectivity index (χ3v) is 5.05. The molecule has 1 aromatic heterocycles. The van der Waals surface area contributed by atoms with Gasteiger partial charge in [0.15, 0.2) is 5.75 Å². The molecule has 0 aliphatic heterocycles. The average Bonchev–Trinajstić information content (AvgIpc) is 2.83. The van der Waals surface area contributed by atoms with Gasteiger partial charge < -0.3 is 10.5 Å². The van der Waals surface area contributed by atoms with Gasteiger partial charge in [0.1, 0.15) is 0 Å². The zero-order valence-corrected chi connectivity index (χ0v) is 13.6. The Bertz CT molecular complexity index is 641. The van der Waals surface area contributed by atoms with Crippen molar-refractivity contribution in [2.75, 3.05) is 26.0 Å². The van der Waals surface area contributed by atoms with E-state index in [4.69, 9.17) is 5.73 Å². The van der Waals surface area contributed by atoms with E-state index in [2.05, 4.69) is 16.6 Å². The van der Waals surface area contributed by atoms with Gasteiger partial charge in [-0.05, 0) is 13.0 Å². The molecular formula is C13H18N2O4S2. The molecular weight excluding hydrogens is 312 g/mol. The number of carbonyl (C=O) groups is 1. The molecule has 1 heterocycles. The summed E-state index contributed by atoms with van der Waals surface area (Å²) in [6.07, 6.45) is 0. The van der Waals surface area contributed by atoms with E-state index in [0.29, 0.717) is 0 Å². The molecule has 21 heavy (non-hydrogen) atoms. The highest BCUT2D eigenvalue weighted by Gasteiger charge is 2.23. The van der Waals surface area contributed by atoms with Gasteiger partial charge in [0.2, 0.25) is 10.0 Å². The predicted octanol–water partition coefficient (Wildman–Crippen LogP) is 0.383. The van der Waals surface area contributed by atoms with Crippen LogP contribution in [0.15, 0.2) is 11.4 Å². The van der Waals surface area contributed by atoms with Crippen molar-refractivity contribution < 1.29 is 17.9 Å². The van der Waals surface area contributed by atoms with Crippen LogP contribution in [0.5, 0.6) is 0 Å². The number of carbonyl (C=O) groups excluding carboxylic acids is 1. The Morgan fingerprint density at radius 3 is 2.86 bits per heavy atom. The number of hydrogen-bond donors (Lipinski definition) is 1. The fourth-order valence-corrected chi connectivity index (χ4v) is 3.35. The minimum Gasteiger partial charge on any atom is -0.465 e. The normalized spacial score (nSPS) is 11.0. The minimum absolute atomic E-state index is 0.159. The third-order valence-electron chi connectivity index (χ3n) is 2.45. The Balaban J connectivity index is 2.69. The highest BCUT2D eigenvalue weighted by atomic mass is 32.2. The molecule has 1 rings (SSSR count). The van der Waals surface area contributed by atoms with E-state index in [1.807, 2.05) is 11.4 Å². The van der Waals surface area contributed by atoms with Gasteiger partial charge in [0.05, 0.1) is 13.2 Å². The number of nitrogens with two attached hydrogens (primary N) is 1. The molecule has 1 aromatic rings. The van der Waals surface area contributed by atoms with Crippen LogP contribution in [0, 0.1) is 11.8 Å². The molecule has 0 aliphatic carbocycles. The van der Waals surface area contributed by atoms with Gasteiger partial charge in [0, 0.05) is 29.4 Å². The molecule has 0 bridgehead atoms. The molecule has 0 fully saturated rings. The molecule has 0 amide bonds. The summed E-state index contributed by atoms with van der Waals surface area (Å²) < 4.78 is 29.8. The van der Waals surface area contributed by atoms with Crippen molar-refractivity contribution in [3.05, 3.63) is 21.9 Å². The van der Waals surface area contributed by atoms with Gasteiger partial charge in [-0.15, -0.1) is 11.3 Å². The summed E-state index contributed by atoms with van der Waals surface area (Å²) in [7, 11) is -2.25. The summed E-state index contributed by atoms with van der Waals surface area (Å²) >= 11 is 1.41. The van der Waals surface area contributed by atoms with Crippen molar-refractivity contribution in [1.29, 1.82) is 0 Å². The van der Waals surface area contributed by atoms with Crippen LogP contribution in [0.25, 0.3) is 0 Å². The molecule has 0 unspecified atom stereocenters. The van der Waals surface area contributed by atoms with Crippen molar-refractivity contribution in [1.82, 2.24) is 4.31 Å². The number of hydrogen-bond acceptors (Lipinski definition) is 6. The largest absolute Gasteiger partial charge is 0.465 e. The molecule has 8 heteroatoms. The lowest BCUT2D eigenvalue weighted by Gasteiger charge is -2.15. The number of thiophene rings is 1. The Morgan fingerprint density at radius 2 is 2.24 bits per heavy atom. The van der Waals surface area contributed by atoms with Crippen molar-refractivity contribution in [2.24, 2.45) is 5.73 Å². The van der Waals surface area contributed by atoms with Crippen LogP contribution in [-0.4, -0.2) is 44.6 Å². The van der Waals surface area contributed by atoms with E-state index >= 15 is 0 Å². The fourth-order valence-electron chi connectivity index (χ4n) is 1.46. The Hall–Kier alpha value is -1.40. The lowest BCUT2D eigenvalue weighted by Crippen LogP contribution is -2.32. The molecule has 0 aliphatic rings. The Kier molecular flexibility index (Phi) is 6.84. The van der Waals surface area contributed by atoms with Crippen LogP contribution in [0.2, 0.25) is 0 Å². The van der Waals surface area contributed by atoms with Gasteiger partial charge in [-0.25, -0.2) is 8.42 Å². The maximum absolute atomic E-state index is 12.0. The average molecular weight is 330 g/mol. The summed E-state index contributed by atoms with van der Waals surface area (Å²) in [5, 5.41) is 1.84. The van der Waals surface area contributed by atoms with Crippen LogP contribution >= 0.6 is 11.3 Å². The second kappa shape index (κ2) is 8.14. The number of nitrogens with zero attached hydrogens (tertiary/aromatic N) is 1. The predicted molar refractivity (Wildman–Crippen MR) is 82.1 cm³/mol. The summed E-state index contributed by atoms with van der Waals surface area (Å²) in [4.78, 5) is 12.1. The molecule has 6 nitrogen and oxygen atoms in total. The molecule has 0 spiro atoms. The van der Waals surface area contributed by atoms with E-state index in [9.17, 15) is 13.2 Å². The van der Waals surface area contributed by atoms with Crippen LogP contribution in [0.4, 0.5) is 0 Å². The lowest BCUT2D eigenvalue weighted by atomic mass is 10.3. The van der Waals surface area contributed by atoms with Crippen molar-refractivity contribution in [3.63, 3.8) is 0 Å². The standard InChI is InChI=1S/C13H18N2O4S2/c1-3-19-13(16)10-21(17,18)15(2)8-12-7-11(9-20-12)5-4-6-14/h7,9H,3,6,8,10,14H2,1-2H3. The molecule has 0 radical (unpaired) electrons. The zero-order valence-electron chi connectivity index (χ0n) is 12.0. The summed E-state index contributed by atoms with van der Waals surface area (Å²) in [5.74, 6) is 4.22. The maximum atomic E-state index is 12.0. The quantitative estimate of drug-likeness (QED) is 0.602. The topological polar surface area (TPSA) is 89.7 Å². The second-order valence-corrected chi connectivity index (χ2v) is 7.20. The van der Waals surface area contributed by atoms with Gasteiger partial charge in [-0.2, -0.15) is 4.31 Å². The van der Waals surface area contributed by atoms with E-state index in [0.717, 1.165) is 14.7 Å². The summed E-state index contributed by atoms with van der Waals surface area (Å²) in [6, 6.07) is 1.81. The van der Waals surface area contributed by atoms with E-state index in [1.54, 1.807) is 6.92 Å².